The van der Waals surface area contributed by atoms with Crippen molar-refractivity contribution >= 4 is 10.8 Å². The first-order chi connectivity index (χ1) is 15.2. The maximum atomic E-state index is 14.6. The highest BCUT2D eigenvalue weighted by molar-refractivity contribution is 5.89. The van der Waals surface area contributed by atoms with Crippen LogP contribution in [0.3, 0.4) is 0 Å². The van der Waals surface area contributed by atoms with Gasteiger partial charge in [-0.15, -0.1) is 6.58 Å². The molecule has 0 nitrogen and oxygen atoms in total. The number of halogens is 5. The van der Waals surface area contributed by atoms with Crippen LogP contribution in [0.5, 0.6) is 0 Å². The second-order valence-corrected chi connectivity index (χ2v) is 7.82. The minimum Gasteiger partial charge on any atom is -0.205 e. The van der Waals surface area contributed by atoms with Crippen molar-refractivity contribution in [2.45, 2.75) is 24.9 Å². The van der Waals surface area contributed by atoms with Crippen LogP contribution in [-0.4, -0.2) is 6.18 Å². The van der Waals surface area contributed by atoms with Crippen LogP contribution in [0.15, 0.2) is 73.3 Å². The molecule has 0 saturated heterocycles. The number of rotatable bonds is 3. The predicted octanol–water partition coefficient (Wildman–Crippen LogP) is 7.93. The fraction of sp³-hybridized carbons (Fsp3) is 0.185. The van der Waals surface area contributed by atoms with E-state index in [0.717, 1.165) is 36.0 Å². The molecular formula is C27H19F5. The molecule has 2 unspecified atom stereocenters. The summed E-state index contributed by atoms with van der Waals surface area (Å²) in [6.45, 7) is 3.83. The van der Waals surface area contributed by atoms with E-state index in [1.54, 1.807) is 18.1 Å². The number of fused-ring (bicyclic) bond motifs is 1. The largest absolute Gasteiger partial charge is 0.458 e. The van der Waals surface area contributed by atoms with Gasteiger partial charge in [0.1, 0.15) is 11.6 Å². The van der Waals surface area contributed by atoms with Gasteiger partial charge >= 0.3 is 6.18 Å². The lowest BCUT2D eigenvalue weighted by Gasteiger charge is -2.21. The molecule has 2 atom stereocenters. The Bertz CT molecular complexity index is 1250. The molecule has 0 aliphatic heterocycles. The molecule has 1 aliphatic rings. The molecule has 0 amide bonds. The van der Waals surface area contributed by atoms with E-state index in [4.69, 9.17) is 0 Å². The SMILES string of the molecule is C=CC1C=CC(c2ccc(-c3ccc4c(F)c(C#CC(F)(F)F)c(F)cc4c3)cc2)CC1. The minimum atomic E-state index is -4.83. The molecule has 0 spiro atoms. The van der Waals surface area contributed by atoms with E-state index in [1.165, 1.54) is 11.6 Å². The molecular weight excluding hydrogens is 419 g/mol. The highest BCUT2D eigenvalue weighted by atomic mass is 19.4. The summed E-state index contributed by atoms with van der Waals surface area (Å²) >= 11 is 0. The van der Waals surface area contributed by atoms with Gasteiger partial charge in [-0.2, -0.15) is 13.2 Å². The molecule has 0 saturated carbocycles. The monoisotopic (exact) mass is 438 g/mol. The van der Waals surface area contributed by atoms with Crippen LogP contribution >= 0.6 is 0 Å². The number of alkyl halides is 3. The van der Waals surface area contributed by atoms with Crippen molar-refractivity contribution in [1.82, 2.24) is 0 Å². The fourth-order valence-electron chi connectivity index (χ4n) is 4.00. The van der Waals surface area contributed by atoms with Crippen molar-refractivity contribution in [1.29, 1.82) is 0 Å². The Morgan fingerprint density at radius 2 is 1.62 bits per heavy atom. The molecule has 4 rings (SSSR count). The lowest BCUT2D eigenvalue weighted by molar-refractivity contribution is -0.0696. The van der Waals surface area contributed by atoms with E-state index in [9.17, 15) is 22.0 Å². The van der Waals surface area contributed by atoms with Crippen molar-refractivity contribution in [3.63, 3.8) is 0 Å². The van der Waals surface area contributed by atoms with Crippen molar-refractivity contribution in [2.24, 2.45) is 5.92 Å². The highest BCUT2D eigenvalue weighted by Gasteiger charge is 2.24. The zero-order valence-electron chi connectivity index (χ0n) is 17.0. The minimum absolute atomic E-state index is 0.0161. The molecule has 5 heteroatoms. The van der Waals surface area contributed by atoms with Crippen molar-refractivity contribution in [3.8, 4) is 23.0 Å². The van der Waals surface area contributed by atoms with Crippen LogP contribution in [-0.2, 0) is 0 Å². The maximum absolute atomic E-state index is 14.6. The van der Waals surface area contributed by atoms with Crippen LogP contribution in [0.25, 0.3) is 21.9 Å². The van der Waals surface area contributed by atoms with Gasteiger partial charge in [-0.3, -0.25) is 0 Å². The molecule has 3 aromatic rings. The average Bonchev–Trinajstić information content (AvgIpc) is 2.78. The molecule has 0 radical (unpaired) electrons. The molecule has 32 heavy (non-hydrogen) atoms. The summed E-state index contributed by atoms with van der Waals surface area (Å²) in [5, 5.41) is 0.271. The molecule has 162 valence electrons. The van der Waals surface area contributed by atoms with E-state index in [2.05, 4.69) is 18.7 Å². The van der Waals surface area contributed by atoms with Gasteiger partial charge in [0.2, 0.25) is 0 Å². The normalized spacial score (nSPS) is 18.3. The Kier molecular flexibility index (Phi) is 5.88. The number of benzene rings is 3. The summed E-state index contributed by atoms with van der Waals surface area (Å²) < 4.78 is 65.8. The van der Waals surface area contributed by atoms with E-state index in [0.29, 0.717) is 11.8 Å². The number of hydrogen-bond donors (Lipinski definition) is 0. The van der Waals surface area contributed by atoms with Crippen LogP contribution in [0, 0.1) is 29.4 Å². The Hall–Kier alpha value is -3.39. The summed E-state index contributed by atoms with van der Waals surface area (Å²) in [7, 11) is 0. The lowest BCUT2D eigenvalue weighted by Crippen LogP contribution is -2.05. The smallest absolute Gasteiger partial charge is 0.205 e. The molecule has 0 bridgehead atoms. The van der Waals surface area contributed by atoms with Crippen LogP contribution in [0.2, 0.25) is 0 Å². The third-order valence-electron chi connectivity index (χ3n) is 5.73. The second-order valence-electron chi connectivity index (χ2n) is 7.82. The predicted molar refractivity (Wildman–Crippen MR) is 117 cm³/mol. The fourth-order valence-corrected chi connectivity index (χ4v) is 4.00. The maximum Gasteiger partial charge on any atom is 0.458 e. The molecule has 3 aromatic carbocycles. The molecule has 0 heterocycles. The highest BCUT2D eigenvalue weighted by Crippen LogP contribution is 2.33. The van der Waals surface area contributed by atoms with Crippen LogP contribution in [0.1, 0.15) is 29.9 Å². The summed E-state index contributed by atoms with van der Waals surface area (Å²) in [6, 6.07) is 13.7. The van der Waals surface area contributed by atoms with Gasteiger partial charge in [-0.05, 0) is 53.0 Å². The number of hydrogen-bond acceptors (Lipinski definition) is 0. The Morgan fingerprint density at radius 1 is 0.906 bits per heavy atom. The zero-order valence-corrected chi connectivity index (χ0v) is 17.0. The van der Waals surface area contributed by atoms with Crippen molar-refractivity contribution < 1.29 is 22.0 Å². The topological polar surface area (TPSA) is 0 Å². The average molecular weight is 438 g/mol. The van der Waals surface area contributed by atoms with Gasteiger partial charge < -0.3 is 0 Å². The van der Waals surface area contributed by atoms with Gasteiger partial charge in [-0.1, -0.05) is 60.5 Å². The van der Waals surface area contributed by atoms with Gasteiger partial charge in [0.25, 0.3) is 0 Å². The molecule has 1 aliphatic carbocycles. The first kappa shape index (κ1) is 21.8. The van der Waals surface area contributed by atoms with E-state index >= 15 is 0 Å². The van der Waals surface area contributed by atoms with Crippen LogP contribution < -0.4 is 0 Å². The summed E-state index contributed by atoms with van der Waals surface area (Å²) in [5.74, 6) is 1.03. The lowest BCUT2D eigenvalue weighted by atomic mass is 9.84. The third-order valence-corrected chi connectivity index (χ3v) is 5.73. The molecule has 0 fully saturated rings. The van der Waals surface area contributed by atoms with Gasteiger partial charge in [0.15, 0.2) is 0 Å². The zero-order chi connectivity index (χ0) is 22.9. The van der Waals surface area contributed by atoms with E-state index < -0.39 is 23.4 Å². The van der Waals surface area contributed by atoms with Gasteiger partial charge in [0, 0.05) is 17.2 Å². The van der Waals surface area contributed by atoms with Crippen molar-refractivity contribution in [2.75, 3.05) is 0 Å². The van der Waals surface area contributed by atoms with E-state index in [-0.39, 0.29) is 10.8 Å². The quantitative estimate of drug-likeness (QED) is 0.221. The summed E-state index contributed by atoms with van der Waals surface area (Å²) in [6.07, 6.45) is 3.60. The van der Waals surface area contributed by atoms with Crippen LogP contribution in [0.4, 0.5) is 22.0 Å². The third kappa shape index (κ3) is 4.60. The second kappa shape index (κ2) is 8.63. The number of allylic oxidation sites excluding steroid dienone is 3. The molecule has 0 aromatic heterocycles. The Labute approximate surface area is 183 Å². The Morgan fingerprint density at radius 3 is 2.25 bits per heavy atom. The van der Waals surface area contributed by atoms with Gasteiger partial charge in [0.05, 0.1) is 5.56 Å². The molecule has 0 N–H and O–H groups in total. The first-order valence-corrected chi connectivity index (χ1v) is 10.2. The Balaban J connectivity index is 1.64. The summed E-state index contributed by atoms with van der Waals surface area (Å²) in [5.41, 5.74) is 1.94. The van der Waals surface area contributed by atoms with Crippen molar-refractivity contribution in [3.05, 3.63) is 96.1 Å². The van der Waals surface area contributed by atoms with E-state index in [1.807, 2.05) is 30.3 Å². The first-order valence-electron chi connectivity index (χ1n) is 10.2. The summed E-state index contributed by atoms with van der Waals surface area (Å²) in [4.78, 5) is 0. The standard InChI is InChI=1S/C27H19F5/c1-2-17-3-5-18(6-4-17)19-7-9-20(10-8-19)21-11-12-23-22(15-21)16-25(28)24(26(23)29)13-14-27(30,31)32/h2-3,5,7-12,15-18H,1,4,6H2. The van der Waals surface area contributed by atoms with Gasteiger partial charge in [-0.25, -0.2) is 8.78 Å².